The number of nitrogens with zero attached hydrogens (tertiary/aromatic N) is 1. The lowest BCUT2D eigenvalue weighted by Gasteiger charge is -2.08. The van der Waals surface area contributed by atoms with Crippen molar-refractivity contribution in [2.24, 2.45) is 0 Å². The summed E-state index contributed by atoms with van der Waals surface area (Å²) in [5, 5.41) is 2.67. The molecule has 0 aliphatic rings. The maximum atomic E-state index is 4.62. The molecule has 0 aliphatic carbocycles. The number of aromatic nitrogens is 1. The number of rotatable bonds is 2. The van der Waals surface area contributed by atoms with Crippen LogP contribution < -0.4 is 0 Å². The molecule has 22 heavy (non-hydrogen) atoms. The molecule has 2 aromatic heterocycles. The molecule has 1 nitrogen and oxygen atoms in total. The van der Waals surface area contributed by atoms with Gasteiger partial charge in [-0.2, -0.15) is 0 Å². The first-order valence-electron chi connectivity index (χ1n) is 7.60. The van der Waals surface area contributed by atoms with E-state index in [4.69, 9.17) is 0 Å². The Hall–Kier alpha value is -2.19. The number of hydrogen-bond donors (Lipinski definition) is 0. The van der Waals surface area contributed by atoms with Crippen molar-refractivity contribution in [2.45, 2.75) is 19.8 Å². The topological polar surface area (TPSA) is 12.9 Å². The molecule has 4 aromatic rings. The molecule has 0 bridgehead atoms. The summed E-state index contributed by atoms with van der Waals surface area (Å²) >= 11 is 1.86. The highest BCUT2D eigenvalue weighted by atomic mass is 32.1. The largest absolute Gasteiger partial charge is 0.256 e. The van der Waals surface area contributed by atoms with E-state index in [9.17, 15) is 0 Å². The molecule has 0 saturated carbocycles. The second-order valence-electron chi connectivity index (χ2n) is 5.91. The van der Waals surface area contributed by atoms with Crippen LogP contribution >= 0.6 is 11.3 Å². The second kappa shape index (κ2) is 5.22. The minimum absolute atomic E-state index is 0.517. The second-order valence-corrected chi connectivity index (χ2v) is 6.96. The first-order chi connectivity index (χ1) is 10.7. The van der Waals surface area contributed by atoms with Crippen LogP contribution in [0.25, 0.3) is 31.4 Å². The molecule has 0 spiro atoms. The summed E-state index contributed by atoms with van der Waals surface area (Å²) < 4.78 is 2.67. The zero-order valence-corrected chi connectivity index (χ0v) is 13.5. The van der Waals surface area contributed by atoms with Gasteiger partial charge in [0, 0.05) is 31.9 Å². The van der Waals surface area contributed by atoms with Crippen molar-refractivity contribution in [3.05, 3.63) is 66.4 Å². The van der Waals surface area contributed by atoms with Gasteiger partial charge in [-0.1, -0.05) is 50.2 Å². The van der Waals surface area contributed by atoms with Crippen molar-refractivity contribution in [2.75, 3.05) is 0 Å². The van der Waals surface area contributed by atoms with Crippen molar-refractivity contribution >= 4 is 31.5 Å². The summed E-state index contributed by atoms with van der Waals surface area (Å²) in [5.41, 5.74) is 3.65. The molecule has 0 aliphatic heterocycles. The fourth-order valence-corrected chi connectivity index (χ4v) is 4.13. The molecule has 0 fully saturated rings. The lowest BCUT2D eigenvalue weighted by Crippen LogP contribution is -1.90. The molecule has 2 heteroatoms. The van der Waals surface area contributed by atoms with Gasteiger partial charge in [0.1, 0.15) is 0 Å². The number of hydrogen-bond acceptors (Lipinski definition) is 2. The normalized spacial score (nSPS) is 11.6. The summed E-state index contributed by atoms with van der Waals surface area (Å²) in [7, 11) is 0. The molecule has 0 atom stereocenters. The summed E-state index contributed by atoms with van der Waals surface area (Å²) in [6.45, 7) is 4.44. The Labute approximate surface area is 134 Å². The van der Waals surface area contributed by atoms with E-state index in [2.05, 4.69) is 73.4 Å². The van der Waals surface area contributed by atoms with Crippen LogP contribution in [0.1, 0.15) is 25.3 Å². The van der Waals surface area contributed by atoms with Crippen LogP contribution in [0.15, 0.2) is 60.8 Å². The SMILES string of the molecule is CC(C)c1ccnc(-c2cccc3c2sc2ccccc23)c1. The van der Waals surface area contributed by atoms with Crippen LogP contribution in [0.5, 0.6) is 0 Å². The third-order valence-electron chi connectivity index (χ3n) is 4.13. The van der Waals surface area contributed by atoms with Gasteiger partial charge in [-0.15, -0.1) is 11.3 Å². The predicted octanol–water partition coefficient (Wildman–Crippen LogP) is 6.24. The first kappa shape index (κ1) is 13.5. The smallest absolute Gasteiger partial charge is 0.0719 e. The van der Waals surface area contributed by atoms with Crippen molar-refractivity contribution in [1.29, 1.82) is 0 Å². The molecule has 0 radical (unpaired) electrons. The third kappa shape index (κ3) is 2.11. The molecule has 108 valence electrons. The quantitative estimate of drug-likeness (QED) is 0.427. The van der Waals surface area contributed by atoms with Crippen LogP contribution in [-0.4, -0.2) is 4.98 Å². The first-order valence-corrected chi connectivity index (χ1v) is 8.42. The minimum Gasteiger partial charge on any atom is -0.256 e. The van der Waals surface area contributed by atoms with Gasteiger partial charge < -0.3 is 0 Å². The molecule has 0 amide bonds. The average molecular weight is 303 g/mol. The van der Waals surface area contributed by atoms with Gasteiger partial charge in [-0.05, 0) is 29.7 Å². The van der Waals surface area contributed by atoms with Crippen LogP contribution in [-0.2, 0) is 0 Å². The Morgan fingerprint density at radius 2 is 1.73 bits per heavy atom. The van der Waals surface area contributed by atoms with Crippen molar-refractivity contribution in [3.63, 3.8) is 0 Å². The van der Waals surface area contributed by atoms with Gasteiger partial charge in [0.2, 0.25) is 0 Å². The van der Waals surface area contributed by atoms with Gasteiger partial charge in [-0.3, -0.25) is 4.98 Å². The highest BCUT2D eigenvalue weighted by Gasteiger charge is 2.11. The van der Waals surface area contributed by atoms with E-state index in [-0.39, 0.29) is 0 Å². The highest BCUT2D eigenvalue weighted by Crippen LogP contribution is 2.39. The van der Waals surface area contributed by atoms with Gasteiger partial charge in [0.25, 0.3) is 0 Å². The zero-order chi connectivity index (χ0) is 15.1. The number of thiophene rings is 1. The van der Waals surface area contributed by atoms with Gasteiger partial charge in [-0.25, -0.2) is 0 Å². The summed E-state index contributed by atoms with van der Waals surface area (Å²) in [4.78, 5) is 4.62. The number of fused-ring (bicyclic) bond motifs is 3. The standard InChI is InChI=1S/C20H17NS/c1-13(2)14-10-11-21-18(12-14)17-8-5-7-16-15-6-3-4-9-19(15)22-20(16)17/h3-13H,1-2H3. The molecule has 0 unspecified atom stereocenters. The van der Waals surface area contributed by atoms with Gasteiger partial charge >= 0.3 is 0 Å². The van der Waals surface area contributed by atoms with E-state index in [0.29, 0.717) is 5.92 Å². The molecule has 0 N–H and O–H groups in total. The number of pyridine rings is 1. The van der Waals surface area contributed by atoms with Crippen LogP contribution in [0, 0.1) is 0 Å². The highest BCUT2D eigenvalue weighted by molar-refractivity contribution is 7.26. The van der Waals surface area contributed by atoms with E-state index < -0.39 is 0 Å². The van der Waals surface area contributed by atoms with Gasteiger partial charge in [0.15, 0.2) is 0 Å². The monoisotopic (exact) mass is 303 g/mol. The van der Waals surface area contributed by atoms with Gasteiger partial charge in [0.05, 0.1) is 5.69 Å². The summed E-state index contributed by atoms with van der Waals surface area (Å²) in [6.07, 6.45) is 1.93. The number of benzene rings is 2. The van der Waals surface area contributed by atoms with Crippen LogP contribution in [0.2, 0.25) is 0 Å². The van der Waals surface area contributed by atoms with E-state index in [1.807, 2.05) is 17.5 Å². The minimum atomic E-state index is 0.517. The lowest BCUT2D eigenvalue weighted by atomic mass is 10.0. The Morgan fingerprint density at radius 3 is 2.59 bits per heavy atom. The Bertz CT molecular complexity index is 966. The fraction of sp³-hybridized carbons (Fsp3) is 0.150. The van der Waals surface area contributed by atoms with Crippen molar-refractivity contribution < 1.29 is 0 Å². The third-order valence-corrected chi connectivity index (χ3v) is 5.35. The summed E-state index contributed by atoms with van der Waals surface area (Å²) in [6, 6.07) is 19.5. The maximum Gasteiger partial charge on any atom is 0.0719 e. The van der Waals surface area contributed by atoms with E-state index >= 15 is 0 Å². The average Bonchev–Trinajstić information content (AvgIpc) is 2.93. The molecule has 2 heterocycles. The van der Waals surface area contributed by atoms with Crippen molar-refractivity contribution in [1.82, 2.24) is 4.98 Å². The summed E-state index contributed by atoms with van der Waals surface area (Å²) in [5.74, 6) is 0.517. The molecule has 0 saturated heterocycles. The van der Waals surface area contributed by atoms with E-state index in [1.54, 1.807) is 0 Å². The fourth-order valence-electron chi connectivity index (χ4n) is 2.90. The van der Waals surface area contributed by atoms with Crippen molar-refractivity contribution in [3.8, 4) is 11.3 Å². The van der Waals surface area contributed by atoms with E-state index in [0.717, 1.165) is 5.69 Å². The Morgan fingerprint density at radius 1 is 0.909 bits per heavy atom. The van der Waals surface area contributed by atoms with E-state index in [1.165, 1.54) is 31.3 Å². The zero-order valence-electron chi connectivity index (χ0n) is 12.7. The molecule has 4 rings (SSSR count). The Kier molecular flexibility index (Phi) is 3.20. The Balaban J connectivity index is 2.01. The van der Waals surface area contributed by atoms with Crippen LogP contribution in [0.4, 0.5) is 0 Å². The van der Waals surface area contributed by atoms with Crippen LogP contribution in [0.3, 0.4) is 0 Å². The molecular formula is C20H17NS. The predicted molar refractivity (Wildman–Crippen MR) is 96.7 cm³/mol. The lowest BCUT2D eigenvalue weighted by molar-refractivity contribution is 0.864. The molecule has 2 aromatic carbocycles. The maximum absolute atomic E-state index is 4.62. The molecular weight excluding hydrogens is 286 g/mol.